The van der Waals surface area contributed by atoms with E-state index in [1.165, 1.54) is 5.56 Å². The summed E-state index contributed by atoms with van der Waals surface area (Å²) in [6.45, 7) is 2.11. The quantitative estimate of drug-likeness (QED) is 0.583. The maximum Gasteiger partial charge on any atom is 0.255 e. The number of pyridine rings is 1. The van der Waals surface area contributed by atoms with Crippen LogP contribution in [0.1, 0.15) is 22.8 Å². The van der Waals surface area contributed by atoms with Gasteiger partial charge in [-0.2, -0.15) is 0 Å². The summed E-state index contributed by atoms with van der Waals surface area (Å²) in [7, 11) is 0. The topological polar surface area (TPSA) is 42.0 Å². The first-order valence-electron chi connectivity index (χ1n) is 7.78. The molecule has 2 aromatic carbocycles. The van der Waals surface area contributed by atoms with E-state index >= 15 is 0 Å². The lowest BCUT2D eigenvalue weighted by Gasteiger charge is -2.08. The molecular formula is C20H17IN2O. The average Bonchev–Trinajstić information content (AvgIpc) is 2.64. The van der Waals surface area contributed by atoms with Gasteiger partial charge in [0.25, 0.3) is 5.91 Å². The van der Waals surface area contributed by atoms with Crippen molar-refractivity contribution in [3.63, 3.8) is 0 Å². The first-order valence-corrected chi connectivity index (χ1v) is 8.86. The molecule has 0 fully saturated rings. The van der Waals surface area contributed by atoms with E-state index in [1.54, 1.807) is 0 Å². The fraction of sp³-hybridized carbons (Fsp3) is 0.100. The minimum atomic E-state index is -0.111. The van der Waals surface area contributed by atoms with Gasteiger partial charge in [-0.05, 0) is 64.9 Å². The van der Waals surface area contributed by atoms with Crippen molar-refractivity contribution in [1.29, 1.82) is 0 Å². The van der Waals surface area contributed by atoms with E-state index in [9.17, 15) is 4.79 Å². The molecule has 1 aromatic heterocycles. The molecule has 0 aliphatic carbocycles. The van der Waals surface area contributed by atoms with Crippen molar-refractivity contribution < 1.29 is 4.79 Å². The highest BCUT2D eigenvalue weighted by Crippen LogP contribution is 2.20. The summed E-state index contributed by atoms with van der Waals surface area (Å²) in [6, 6.07) is 19.3. The minimum Gasteiger partial charge on any atom is -0.321 e. The van der Waals surface area contributed by atoms with Gasteiger partial charge in [0, 0.05) is 20.9 Å². The fourth-order valence-corrected chi connectivity index (χ4v) is 2.88. The van der Waals surface area contributed by atoms with E-state index in [4.69, 9.17) is 0 Å². The van der Waals surface area contributed by atoms with Gasteiger partial charge in [-0.1, -0.05) is 37.3 Å². The van der Waals surface area contributed by atoms with Crippen molar-refractivity contribution in [1.82, 2.24) is 4.98 Å². The summed E-state index contributed by atoms with van der Waals surface area (Å²) in [5, 5.41) is 2.94. The highest BCUT2D eigenvalue weighted by Gasteiger charge is 2.08. The van der Waals surface area contributed by atoms with Gasteiger partial charge >= 0.3 is 0 Å². The van der Waals surface area contributed by atoms with Gasteiger partial charge in [-0.15, -0.1) is 0 Å². The number of carbonyl (C=O) groups excluding carboxylic acids is 1. The van der Waals surface area contributed by atoms with Crippen LogP contribution < -0.4 is 5.32 Å². The summed E-state index contributed by atoms with van der Waals surface area (Å²) in [5.74, 6) is -0.111. The zero-order valence-corrected chi connectivity index (χ0v) is 15.4. The van der Waals surface area contributed by atoms with E-state index in [0.29, 0.717) is 5.56 Å². The number of para-hydroxylation sites is 1. The third-order valence-electron chi connectivity index (χ3n) is 3.80. The summed E-state index contributed by atoms with van der Waals surface area (Å²) in [6.07, 6.45) is 2.87. The maximum absolute atomic E-state index is 12.4. The molecule has 0 saturated carbocycles. The number of aryl methyl sites for hydroxylation is 1. The third kappa shape index (κ3) is 3.82. The van der Waals surface area contributed by atoms with Gasteiger partial charge in [0.15, 0.2) is 0 Å². The largest absolute Gasteiger partial charge is 0.321 e. The fourth-order valence-electron chi connectivity index (χ4n) is 2.35. The molecular weight excluding hydrogens is 411 g/mol. The number of anilines is 1. The molecule has 24 heavy (non-hydrogen) atoms. The molecule has 0 saturated heterocycles. The first-order chi connectivity index (χ1) is 11.7. The monoisotopic (exact) mass is 428 g/mol. The van der Waals surface area contributed by atoms with Crippen LogP contribution in [0.4, 0.5) is 5.69 Å². The molecule has 3 aromatic rings. The maximum atomic E-state index is 12.4. The van der Waals surface area contributed by atoms with Crippen molar-refractivity contribution in [2.24, 2.45) is 0 Å². The van der Waals surface area contributed by atoms with Gasteiger partial charge in [-0.25, -0.2) is 0 Å². The SMILES string of the molecule is CCc1ccc(-c2ccc(C(=O)Nc3ccccc3I)cc2)nc1. The second kappa shape index (κ2) is 7.57. The Hall–Kier alpha value is -2.21. The van der Waals surface area contributed by atoms with Gasteiger partial charge in [0.1, 0.15) is 0 Å². The molecule has 0 atom stereocenters. The highest BCUT2D eigenvalue weighted by atomic mass is 127. The Morgan fingerprint density at radius 2 is 1.79 bits per heavy atom. The molecule has 1 N–H and O–H groups in total. The Labute approximate surface area is 155 Å². The van der Waals surface area contributed by atoms with Crippen LogP contribution in [0.15, 0.2) is 66.9 Å². The summed E-state index contributed by atoms with van der Waals surface area (Å²) < 4.78 is 1.01. The molecule has 1 amide bonds. The number of halogens is 1. The molecule has 3 nitrogen and oxygen atoms in total. The highest BCUT2D eigenvalue weighted by molar-refractivity contribution is 14.1. The van der Waals surface area contributed by atoms with Gasteiger partial charge < -0.3 is 5.32 Å². The van der Waals surface area contributed by atoms with Crippen LogP contribution in [0, 0.1) is 3.57 Å². The number of aromatic nitrogens is 1. The zero-order chi connectivity index (χ0) is 16.9. The Balaban J connectivity index is 1.76. The lowest BCUT2D eigenvalue weighted by Crippen LogP contribution is -2.12. The molecule has 120 valence electrons. The molecule has 1 heterocycles. The predicted molar refractivity (Wildman–Crippen MR) is 106 cm³/mol. The van der Waals surface area contributed by atoms with Crippen LogP contribution in [0.2, 0.25) is 0 Å². The summed E-state index contributed by atoms with van der Waals surface area (Å²) in [5.41, 5.74) is 4.58. The molecule has 4 heteroatoms. The van der Waals surface area contributed by atoms with Crippen molar-refractivity contribution in [2.45, 2.75) is 13.3 Å². The van der Waals surface area contributed by atoms with E-state index in [2.05, 4.69) is 45.9 Å². The lowest BCUT2D eigenvalue weighted by molar-refractivity contribution is 0.102. The van der Waals surface area contributed by atoms with Crippen LogP contribution in [0.3, 0.4) is 0 Å². The Kier molecular flexibility index (Phi) is 5.25. The Bertz CT molecular complexity index is 842. The molecule has 0 unspecified atom stereocenters. The number of carbonyl (C=O) groups is 1. The van der Waals surface area contributed by atoms with Crippen molar-refractivity contribution in [2.75, 3.05) is 5.32 Å². The zero-order valence-electron chi connectivity index (χ0n) is 13.3. The van der Waals surface area contributed by atoms with Crippen LogP contribution in [-0.2, 0) is 6.42 Å². The second-order valence-electron chi connectivity index (χ2n) is 5.42. The summed E-state index contributed by atoms with van der Waals surface area (Å²) in [4.78, 5) is 16.8. The van der Waals surface area contributed by atoms with Crippen LogP contribution in [0.25, 0.3) is 11.3 Å². The van der Waals surface area contributed by atoms with E-state index in [-0.39, 0.29) is 5.91 Å². The smallest absolute Gasteiger partial charge is 0.255 e. The van der Waals surface area contributed by atoms with Crippen LogP contribution in [-0.4, -0.2) is 10.9 Å². The first kappa shape index (κ1) is 16.6. The normalized spacial score (nSPS) is 10.4. The van der Waals surface area contributed by atoms with E-state index in [1.807, 2.05) is 60.8 Å². The average molecular weight is 428 g/mol. The number of nitrogens with zero attached hydrogens (tertiary/aromatic N) is 1. The number of rotatable bonds is 4. The van der Waals surface area contributed by atoms with Crippen LogP contribution in [0.5, 0.6) is 0 Å². The lowest BCUT2D eigenvalue weighted by atomic mass is 10.1. The number of benzene rings is 2. The predicted octanol–water partition coefficient (Wildman–Crippen LogP) is 5.17. The van der Waals surface area contributed by atoms with Crippen molar-refractivity contribution in [3.05, 3.63) is 81.6 Å². The molecule has 3 rings (SSSR count). The molecule has 0 aliphatic heterocycles. The van der Waals surface area contributed by atoms with E-state index < -0.39 is 0 Å². The Morgan fingerprint density at radius 3 is 2.42 bits per heavy atom. The molecule has 0 radical (unpaired) electrons. The van der Waals surface area contributed by atoms with E-state index in [0.717, 1.165) is 26.9 Å². The van der Waals surface area contributed by atoms with Crippen LogP contribution >= 0.6 is 22.6 Å². The van der Waals surface area contributed by atoms with Gasteiger partial charge in [0.05, 0.1) is 11.4 Å². The number of nitrogens with one attached hydrogen (secondary N) is 1. The standard InChI is InChI=1S/C20H17IN2O/c1-2-14-7-12-18(22-13-14)15-8-10-16(11-9-15)20(24)23-19-6-4-3-5-17(19)21/h3-13H,2H2,1H3,(H,23,24). The van der Waals surface area contributed by atoms with Gasteiger partial charge in [0.2, 0.25) is 0 Å². The van der Waals surface area contributed by atoms with Gasteiger partial charge in [-0.3, -0.25) is 9.78 Å². The third-order valence-corrected chi connectivity index (χ3v) is 4.74. The number of hydrogen-bond donors (Lipinski definition) is 1. The number of amides is 1. The second-order valence-corrected chi connectivity index (χ2v) is 6.58. The Morgan fingerprint density at radius 1 is 1.04 bits per heavy atom. The molecule has 0 aliphatic rings. The molecule has 0 spiro atoms. The summed E-state index contributed by atoms with van der Waals surface area (Å²) >= 11 is 2.21. The van der Waals surface area contributed by atoms with Crippen molar-refractivity contribution >= 4 is 34.2 Å². The minimum absolute atomic E-state index is 0.111. The molecule has 0 bridgehead atoms. The number of hydrogen-bond acceptors (Lipinski definition) is 2. The van der Waals surface area contributed by atoms with Crippen molar-refractivity contribution in [3.8, 4) is 11.3 Å².